The SMILES string of the molecule is Cc1cc(-c2ccc(Cl)cc2)cc(C)c1C1C(=O)CCC(C)(C)C1=O. The van der Waals surface area contributed by atoms with Crippen LogP contribution in [0.1, 0.15) is 49.3 Å². The predicted molar refractivity (Wildman–Crippen MR) is 102 cm³/mol. The number of halogens is 1. The number of hydrogen-bond donors (Lipinski definition) is 0. The Labute approximate surface area is 154 Å². The number of rotatable bonds is 2. The average Bonchev–Trinajstić information content (AvgIpc) is 2.54. The van der Waals surface area contributed by atoms with Crippen LogP contribution in [0, 0.1) is 19.3 Å². The number of aryl methyl sites for hydroxylation is 2. The van der Waals surface area contributed by atoms with Crippen molar-refractivity contribution in [3.05, 3.63) is 58.1 Å². The summed E-state index contributed by atoms with van der Waals surface area (Å²) in [6, 6.07) is 11.8. The molecule has 0 saturated heterocycles. The van der Waals surface area contributed by atoms with E-state index in [1.165, 1.54) is 0 Å². The Morgan fingerprint density at radius 3 is 2.08 bits per heavy atom. The van der Waals surface area contributed by atoms with Crippen LogP contribution < -0.4 is 0 Å². The van der Waals surface area contributed by atoms with Crippen LogP contribution in [-0.2, 0) is 9.59 Å². The quantitative estimate of drug-likeness (QED) is 0.651. The van der Waals surface area contributed by atoms with Crippen LogP contribution in [0.25, 0.3) is 11.1 Å². The fourth-order valence-corrected chi connectivity index (χ4v) is 3.90. The first-order chi connectivity index (χ1) is 11.7. The normalized spacial score (nSPS) is 20.0. The van der Waals surface area contributed by atoms with Gasteiger partial charge in [0, 0.05) is 16.9 Å². The smallest absolute Gasteiger partial charge is 0.153 e. The van der Waals surface area contributed by atoms with Crippen LogP contribution in [0.15, 0.2) is 36.4 Å². The molecule has 0 N–H and O–H groups in total. The molecule has 1 atom stereocenters. The first-order valence-electron chi connectivity index (χ1n) is 8.65. The topological polar surface area (TPSA) is 34.1 Å². The van der Waals surface area contributed by atoms with Crippen molar-refractivity contribution in [3.8, 4) is 11.1 Å². The molecule has 3 rings (SSSR count). The van der Waals surface area contributed by atoms with Gasteiger partial charge in [-0.3, -0.25) is 9.59 Å². The monoisotopic (exact) mass is 354 g/mol. The molecule has 0 radical (unpaired) electrons. The Morgan fingerprint density at radius 2 is 1.52 bits per heavy atom. The van der Waals surface area contributed by atoms with Crippen LogP contribution in [0.2, 0.25) is 5.02 Å². The van der Waals surface area contributed by atoms with E-state index in [0.717, 1.165) is 27.8 Å². The second-order valence-electron chi connectivity index (χ2n) is 7.68. The van der Waals surface area contributed by atoms with Crippen molar-refractivity contribution in [2.75, 3.05) is 0 Å². The zero-order valence-electron chi connectivity index (χ0n) is 15.2. The Kier molecular flexibility index (Phi) is 4.59. The summed E-state index contributed by atoms with van der Waals surface area (Å²) in [4.78, 5) is 25.5. The van der Waals surface area contributed by atoms with E-state index < -0.39 is 11.3 Å². The minimum atomic E-state index is -0.622. The second kappa shape index (κ2) is 6.42. The van der Waals surface area contributed by atoms with E-state index in [0.29, 0.717) is 17.9 Å². The lowest BCUT2D eigenvalue weighted by molar-refractivity contribution is -0.139. The average molecular weight is 355 g/mol. The summed E-state index contributed by atoms with van der Waals surface area (Å²) in [6.45, 7) is 7.87. The maximum absolute atomic E-state index is 12.9. The Hall–Kier alpha value is -1.93. The Balaban J connectivity index is 2.07. The number of carbonyl (C=O) groups is 2. The highest BCUT2D eigenvalue weighted by atomic mass is 35.5. The van der Waals surface area contributed by atoms with E-state index >= 15 is 0 Å². The van der Waals surface area contributed by atoms with Gasteiger partial charge in [-0.05, 0) is 60.2 Å². The van der Waals surface area contributed by atoms with Gasteiger partial charge in [-0.25, -0.2) is 0 Å². The van der Waals surface area contributed by atoms with E-state index in [9.17, 15) is 9.59 Å². The molecule has 25 heavy (non-hydrogen) atoms. The van der Waals surface area contributed by atoms with Crippen molar-refractivity contribution in [1.29, 1.82) is 0 Å². The van der Waals surface area contributed by atoms with E-state index in [4.69, 9.17) is 11.6 Å². The van der Waals surface area contributed by atoms with Crippen LogP contribution >= 0.6 is 11.6 Å². The van der Waals surface area contributed by atoms with Crippen molar-refractivity contribution in [1.82, 2.24) is 0 Å². The van der Waals surface area contributed by atoms with E-state index in [-0.39, 0.29) is 11.6 Å². The summed E-state index contributed by atoms with van der Waals surface area (Å²) < 4.78 is 0. The molecule has 1 fully saturated rings. The molecule has 0 bridgehead atoms. The fourth-order valence-electron chi connectivity index (χ4n) is 3.77. The third kappa shape index (κ3) is 3.28. The second-order valence-corrected chi connectivity index (χ2v) is 8.11. The zero-order chi connectivity index (χ0) is 18.4. The van der Waals surface area contributed by atoms with Gasteiger partial charge in [-0.1, -0.05) is 49.7 Å². The molecular weight excluding hydrogens is 332 g/mol. The van der Waals surface area contributed by atoms with Gasteiger partial charge in [-0.15, -0.1) is 0 Å². The number of benzene rings is 2. The zero-order valence-corrected chi connectivity index (χ0v) is 15.9. The lowest BCUT2D eigenvalue weighted by Gasteiger charge is -2.34. The number of carbonyl (C=O) groups excluding carboxylic acids is 2. The molecule has 0 spiro atoms. The third-order valence-electron chi connectivity index (χ3n) is 5.31. The van der Waals surface area contributed by atoms with E-state index in [1.807, 2.05) is 52.0 Å². The molecule has 1 aliphatic rings. The van der Waals surface area contributed by atoms with Gasteiger partial charge in [0.1, 0.15) is 11.7 Å². The molecule has 1 aliphatic carbocycles. The van der Waals surface area contributed by atoms with Gasteiger partial charge in [0.15, 0.2) is 5.78 Å². The van der Waals surface area contributed by atoms with Crippen molar-refractivity contribution >= 4 is 23.2 Å². The summed E-state index contributed by atoms with van der Waals surface area (Å²) in [5.74, 6) is -0.521. The molecule has 1 unspecified atom stereocenters. The van der Waals surface area contributed by atoms with Gasteiger partial charge in [0.2, 0.25) is 0 Å². The van der Waals surface area contributed by atoms with Gasteiger partial charge in [0.25, 0.3) is 0 Å². The highest BCUT2D eigenvalue weighted by molar-refractivity contribution is 6.30. The number of hydrogen-bond acceptors (Lipinski definition) is 2. The molecule has 0 aromatic heterocycles. The molecule has 2 aromatic carbocycles. The molecular formula is C22H23ClO2. The lowest BCUT2D eigenvalue weighted by atomic mass is 9.67. The lowest BCUT2D eigenvalue weighted by Crippen LogP contribution is -2.39. The van der Waals surface area contributed by atoms with Crippen LogP contribution in [-0.4, -0.2) is 11.6 Å². The summed E-state index contributed by atoms with van der Waals surface area (Å²) in [5.41, 5.74) is 4.59. The van der Waals surface area contributed by atoms with E-state index in [2.05, 4.69) is 12.1 Å². The van der Waals surface area contributed by atoms with Crippen molar-refractivity contribution in [2.45, 2.75) is 46.5 Å². The summed E-state index contributed by atoms with van der Waals surface area (Å²) in [5, 5.41) is 0.703. The molecule has 0 amide bonds. The van der Waals surface area contributed by atoms with Crippen molar-refractivity contribution in [3.63, 3.8) is 0 Å². The van der Waals surface area contributed by atoms with Gasteiger partial charge >= 0.3 is 0 Å². The first kappa shape index (κ1) is 17.9. The minimum Gasteiger partial charge on any atom is -0.299 e. The van der Waals surface area contributed by atoms with Gasteiger partial charge in [-0.2, -0.15) is 0 Å². The fraction of sp³-hybridized carbons (Fsp3) is 0.364. The first-order valence-corrected chi connectivity index (χ1v) is 9.02. The number of Topliss-reactive ketones (excluding diaryl/α,β-unsaturated/α-hetero) is 2. The summed E-state index contributed by atoms with van der Waals surface area (Å²) >= 11 is 5.97. The van der Waals surface area contributed by atoms with Crippen LogP contribution in [0.3, 0.4) is 0 Å². The molecule has 1 saturated carbocycles. The highest BCUT2D eigenvalue weighted by Gasteiger charge is 2.43. The maximum Gasteiger partial charge on any atom is 0.153 e. The van der Waals surface area contributed by atoms with Crippen LogP contribution in [0.4, 0.5) is 0 Å². The van der Waals surface area contributed by atoms with Gasteiger partial charge in [0.05, 0.1) is 0 Å². The highest BCUT2D eigenvalue weighted by Crippen LogP contribution is 2.41. The molecule has 2 aromatic rings. The van der Waals surface area contributed by atoms with Crippen molar-refractivity contribution < 1.29 is 9.59 Å². The summed E-state index contributed by atoms with van der Waals surface area (Å²) in [6.07, 6.45) is 1.11. The van der Waals surface area contributed by atoms with Crippen molar-refractivity contribution in [2.24, 2.45) is 5.41 Å². The predicted octanol–water partition coefficient (Wildman–Crippen LogP) is 5.67. The molecule has 3 heteroatoms. The summed E-state index contributed by atoms with van der Waals surface area (Å²) in [7, 11) is 0. The van der Waals surface area contributed by atoms with E-state index in [1.54, 1.807) is 0 Å². The van der Waals surface area contributed by atoms with Gasteiger partial charge < -0.3 is 0 Å². The Morgan fingerprint density at radius 1 is 0.960 bits per heavy atom. The molecule has 130 valence electrons. The largest absolute Gasteiger partial charge is 0.299 e. The molecule has 0 heterocycles. The minimum absolute atomic E-state index is 0.0502. The van der Waals surface area contributed by atoms with Crippen LogP contribution in [0.5, 0.6) is 0 Å². The Bertz CT molecular complexity index is 824. The third-order valence-corrected chi connectivity index (χ3v) is 5.56. The maximum atomic E-state index is 12.9. The number of ketones is 2. The molecule has 2 nitrogen and oxygen atoms in total. The molecule has 0 aliphatic heterocycles. The standard InChI is InChI=1S/C22H23ClO2/c1-13-11-16(15-5-7-17(23)8-6-15)12-14(2)19(13)20-18(24)9-10-22(3,4)21(20)25/h5-8,11-12,20H,9-10H2,1-4H3.